The molecule has 0 saturated heterocycles. The lowest BCUT2D eigenvalue weighted by Crippen LogP contribution is -2.24. The van der Waals surface area contributed by atoms with E-state index in [1.807, 2.05) is 0 Å². The van der Waals surface area contributed by atoms with E-state index in [0.29, 0.717) is 6.04 Å². The fourth-order valence-electron chi connectivity index (χ4n) is 2.80. The summed E-state index contributed by atoms with van der Waals surface area (Å²) < 4.78 is 1.23. The molecule has 0 aliphatic heterocycles. The maximum atomic E-state index is 3.75. The first-order valence-corrected chi connectivity index (χ1v) is 9.41. The third-order valence-corrected chi connectivity index (χ3v) is 5.21. The Bertz CT molecular complexity index is 403. The highest BCUT2D eigenvalue weighted by Gasteiger charge is 2.17. The molecule has 0 aromatic heterocycles. The van der Waals surface area contributed by atoms with Gasteiger partial charge in [-0.3, -0.25) is 0 Å². The third-order valence-electron chi connectivity index (χ3n) is 4.35. The second-order valence-corrected chi connectivity index (χ2v) is 7.02. The predicted molar refractivity (Wildman–Crippen MR) is 97.8 cm³/mol. The van der Waals surface area contributed by atoms with E-state index >= 15 is 0 Å². The molecular weight excluding hydrogens is 322 g/mol. The maximum absolute atomic E-state index is 3.75. The van der Waals surface area contributed by atoms with Gasteiger partial charge in [0, 0.05) is 10.5 Å². The van der Waals surface area contributed by atoms with Crippen LogP contribution in [0, 0.1) is 12.8 Å². The monoisotopic (exact) mass is 353 g/mol. The fraction of sp³-hybridized carbons (Fsp3) is 0.684. The Morgan fingerprint density at radius 2 is 1.90 bits per heavy atom. The Morgan fingerprint density at radius 1 is 1.14 bits per heavy atom. The van der Waals surface area contributed by atoms with Gasteiger partial charge in [0.2, 0.25) is 0 Å². The van der Waals surface area contributed by atoms with Crippen molar-refractivity contribution in [1.82, 2.24) is 5.32 Å². The van der Waals surface area contributed by atoms with Gasteiger partial charge >= 0.3 is 0 Å². The molecule has 2 atom stereocenters. The molecule has 0 amide bonds. The predicted octanol–water partition coefficient (Wildman–Crippen LogP) is 6.40. The van der Waals surface area contributed by atoms with Crippen molar-refractivity contribution in [1.29, 1.82) is 0 Å². The van der Waals surface area contributed by atoms with Gasteiger partial charge in [0.1, 0.15) is 0 Å². The smallest absolute Gasteiger partial charge is 0.0323 e. The summed E-state index contributed by atoms with van der Waals surface area (Å²) in [5, 5.41) is 3.75. The van der Waals surface area contributed by atoms with Crippen LogP contribution < -0.4 is 5.32 Å². The van der Waals surface area contributed by atoms with Gasteiger partial charge in [-0.25, -0.2) is 0 Å². The summed E-state index contributed by atoms with van der Waals surface area (Å²) in [7, 11) is 0. The summed E-state index contributed by atoms with van der Waals surface area (Å²) in [6.45, 7) is 10.1. The van der Waals surface area contributed by atoms with Gasteiger partial charge in [-0.2, -0.15) is 0 Å². The van der Waals surface area contributed by atoms with Crippen LogP contribution in [0.5, 0.6) is 0 Å². The van der Waals surface area contributed by atoms with Crippen LogP contribution in [0.15, 0.2) is 22.7 Å². The molecule has 2 unspecified atom stereocenters. The molecule has 1 N–H and O–H groups in total. The zero-order valence-electron chi connectivity index (χ0n) is 14.2. The van der Waals surface area contributed by atoms with Crippen LogP contribution in [0.3, 0.4) is 0 Å². The van der Waals surface area contributed by atoms with Crippen LogP contribution in [0.2, 0.25) is 0 Å². The molecule has 21 heavy (non-hydrogen) atoms. The zero-order valence-corrected chi connectivity index (χ0v) is 15.8. The van der Waals surface area contributed by atoms with Crippen LogP contribution in [0.25, 0.3) is 0 Å². The molecule has 1 aromatic rings. The molecule has 0 bridgehead atoms. The van der Waals surface area contributed by atoms with Crippen molar-refractivity contribution in [3.05, 3.63) is 33.8 Å². The highest BCUT2D eigenvalue weighted by molar-refractivity contribution is 9.10. The van der Waals surface area contributed by atoms with Crippen LogP contribution in [0.1, 0.15) is 76.5 Å². The average molecular weight is 354 g/mol. The maximum Gasteiger partial charge on any atom is 0.0323 e. The van der Waals surface area contributed by atoms with E-state index in [4.69, 9.17) is 0 Å². The lowest BCUT2D eigenvalue weighted by atomic mass is 9.89. The van der Waals surface area contributed by atoms with E-state index in [-0.39, 0.29) is 0 Å². The van der Waals surface area contributed by atoms with Gasteiger partial charge in [-0.1, -0.05) is 74.5 Å². The Labute approximate surface area is 140 Å². The van der Waals surface area contributed by atoms with E-state index in [9.17, 15) is 0 Å². The first-order valence-electron chi connectivity index (χ1n) is 8.61. The molecule has 0 aliphatic rings. The SMILES string of the molecule is CCCCC(CC)CC(NCCC)c1ccc(C)c(Br)c1. The molecule has 0 aliphatic carbocycles. The first kappa shape index (κ1) is 18.7. The van der Waals surface area contributed by atoms with Gasteiger partial charge in [0.25, 0.3) is 0 Å². The van der Waals surface area contributed by atoms with Gasteiger partial charge in [-0.15, -0.1) is 0 Å². The summed E-state index contributed by atoms with van der Waals surface area (Å²) >= 11 is 3.68. The minimum atomic E-state index is 0.489. The second-order valence-electron chi connectivity index (χ2n) is 6.17. The zero-order chi connectivity index (χ0) is 15.7. The quantitative estimate of drug-likeness (QED) is 0.512. The average Bonchev–Trinajstić information content (AvgIpc) is 2.49. The van der Waals surface area contributed by atoms with E-state index in [1.54, 1.807) is 0 Å². The number of unbranched alkanes of at least 4 members (excludes halogenated alkanes) is 1. The minimum Gasteiger partial charge on any atom is -0.310 e. The number of hydrogen-bond donors (Lipinski definition) is 1. The number of benzene rings is 1. The number of aryl methyl sites for hydroxylation is 1. The van der Waals surface area contributed by atoms with E-state index in [2.05, 4.69) is 67.1 Å². The second kappa shape index (κ2) is 10.4. The number of rotatable bonds is 10. The third kappa shape index (κ3) is 6.52. The Balaban J connectivity index is 2.80. The molecule has 0 spiro atoms. The van der Waals surface area contributed by atoms with Crippen LogP contribution in [0.4, 0.5) is 0 Å². The number of halogens is 1. The molecule has 2 heteroatoms. The van der Waals surface area contributed by atoms with Crippen molar-refractivity contribution in [2.24, 2.45) is 5.92 Å². The molecule has 0 fully saturated rings. The van der Waals surface area contributed by atoms with Crippen molar-refractivity contribution >= 4 is 15.9 Å². The molecule has 0 saturated carbocycles. The van der Waals surface area contributed by atoms with E-state index in [0.717, 1.165) is 12.5 Å². The lowest BCUT2D eigenvalue weighted by molar-refractivity contribution is 0.353. The Morgan fingerprint density at radius 3 is 2.48 bits per heavy atom. The van der Waals surface area contributed by atoms with Gasteiger partial charge < -0.3 is 5.32 Å². The van der Waals surface area contributed by atoms with Gasteiger partial charge in [0.05, 0.1) is 0 Å². The molecule has 120 valence electrons. The number of hydrogen-bond acceptors (Lipinski definition) is 1. The summed E-state index contributed by atoms with van der Waals surface area (Å²) in [4.78, 5) is 0. The topological polar surface area (TPSA) is 12.0 Å². The Kier molecular flexibility index (Phi) is 9.26. The highest BCUT2D eigenvalue weighted by atomic mass is 79.9. The van der Waals surface area contributed by atoms with Gasteiger partial charge in [-0.05, 0) is 49.4 Å². The largest absolute Gasteiger partial charge is 0.310 e. The minimum absolute atomic E-state index is 0.489. The van der Waals surface area contributed by atoms with Crippen molar-refractivity contribution in [3.63, 3.8) is 0 Å². The van der Waals surface area contributed by atoms with Crippen LogP contribution in [-0.4, -0.2) is 6.54 Å². The molecule has 1 rings (SSSR count). The molecular formula is C19H32BrN. The van der Waals surface area contributed by atoms with E-state index in [1.165, 1.54) is 54.1 Å². The molecule has 0 radical (unpaired) electrons. The summed E-state index contributed by atoms with van der Waals surface area (Å²) in [5.41, 5.74) is 2.74. The van der Waals surface area contributed by atoms with Gasteiger partial charge in [0.15, 0.2) is 0 Å². The fourth-order valence-corrected chi connectivity index (χ4v) is 3.19. The first-order chi connectivity index (χ1) is 10.1. The molecule has 0 heterocycles. The van der Waals surface area contributed by atoms with Crippen molar-refractivity contribution in [2.75, 3.05) is 6.54 Å². The number of nitrogens with one attached hydrogen (secondary N) is 1. The highest BCUT2D eigenvalue weighted by Crippen LogP contribution is 2.29. The summed E-state index contributed by atoms with van der Waals surface area (Å²) in [5.74, 6) is 0.833. The Hall–Kier alpha value is -0.340. The van der Waals surface area contributed by atoms with E-state index < -0.39 is 0 Å². The summed E-state index contributed by atoms with van der Waals surface area (Å²) in [6.07, 6.45) is 7.76. The van der Waals surface area contributed by atoms with Crippen LogP contribution >= 0.6 is 15.9 Å². The van der Waals surface area contributed by atoms with Crippen molar-refractivity contribution in [3.8, 4) is 0 Å². The summed E-state index contributed by atoms with van der Waals surface area (Å²) in [6, 6.07) is 7.31. The standard InChI is InChI=1S/C19H32BrN/c1-5-8-9-16(7-3)13-19(21-12-6-2)17-11-10-15(4)18(20)14-17/h10-11,14,16,19,21H,5-9,12-13H2,1-4H3. The normalized spacial score (nSPS) is 14.1. The van der Waals surface area contributed by atoms with Crippen molar-refractivity contribution < 1.29 is 0 Å². The van der Waals surface area contributed by atoms with Crippen LogP contribution in [-0.2, 0) is 0 Å². The molecule has 1 nitrogen and oxygen atoms in total. The molecule has 1 aromatic carbocycles. The lowest BCUT2D eigenvalue weighted by Gasteiger charge is -2.25. The van der Waals surface area contributed by atoms with Crippen molar-refractivity contribution in [2.45, 2.75) is 72.3 Å².